The minimum absolute atomic E-state index is 0.999. The molecule has 14 heavy (non-hydrogen) atoms. The van der Waals surface area contributed by atoms with E-state index in [9.17, 15) is 0 Å². The molecule has 2 nitrogen and oxygen atoms in total. The van der Waals surface area contributed by atoms with Gasteiger partial charge in [0.2, 0.25) is 0 Å². The third-order valence-corrected chi connectivity index (χ3v) is 3.76. The van der Waals surface area contributed by atoms with E-state index >= 15 is 0 Å². The molecule has 2 aromatic heterocycles. The summed E-state index contributed by atoms with van der Waals surface area (Å²) in [5, 5.41) is 5.15. The van der Waals surface area contributed by atoms with Gasteiger partial charge in [0.15, 0.2) is 0 Å². The quantitative estimate of drug-likeness (QED) is 0.900. The van der Waals surface area contributed by atoms with Crippen LogP contribution in [0.4, 0.5) is 5.69 Å². The Balaban J connectivity index is 2.47. The third kappa shape index (κ3) is 1.81. The fourth-order valence-electron chi connectivity index (χ4n) is 1.19. The summed E-state index contributed by atoms with van der Waals surface area (Å²) < 4.78 is 1.10. The highest BCUT2D eigenvalue weighted by Crippen LogP contribution is 2.32. The maximum atomic E-state index is 4.33. The fraction of sp³-hybridized carbons (Fsp3) is 0.100. The minimum atomic E-state index is 0.999. The normalized spacial score (nSPS) is 10.1. The van der Waals surface area contributed by atoms with Crippen LogP contribution in [-0.4, -0.2) is 12.0 Å². The van der Waals surface area contributed by atoms with Crippen molar-refractivity contribution in [1.82, 2.24) is 4.98 Å². The molecular formula is C10H9BrN2S. The monoisotopic (exact) mass is 268 g/mol. The van der Waals surface area contributed by atoms with Gasteiger partial charge < -0.3 is 5.32 Å². The lowest BCUT2D eigenvalue weighted by atomic mass is 10.3. The predicted molar refractivity (Wildman–Crippen MR) is 64.8 cm³/mol. The van der Waals surface area contributed by atoms with E-state index in [1.54, 1.807) is 11.3 Å². The number of thiophene rings is 1. The second-order valence-electron chi connectivity index (χ2n) is 2.78. The maximum absolute atomic E-state index is 4.33. The van der Waals surface area contributed by atoms with Crippen LogP contribution in [0.25, 0.3) is 10.6 Å². The van der Waals surface area contributed by atoms with Gasteiger partial charge in [0, 0.05) is 23.4 Å². The van der Waals surface area contributed by atoms with E-state index in [0.29, 0.717) is 0 Å². The molecule has 0 aliphatic heterocycles. The van der Waals surface area contributed by atoms with Crippen molar-refractivity contribution in [3.63, 3.8) is 0 Å². The molecule has 0 unspecified atom stereocenters. The standard InChI is InChI=1S/C10H9BrN2S/c1-12-7-2-4-13-9(6-7)10-8(11)3-5-14-10/h2-6H,1H3,(H,12,13). The first-order valence-corrected chi connectivity index (χ1v) is 5.85. The molecule has 0 saturated carbocycles. The molecule has 0 atom stereocenters. The first-order chi connectivity index (χ1) is 6.81. The SMILES string of the molecule is CNc1ccnc(-c2sccc2Br)c1. The van der Waals surface area contributed by atoms with E-state index in [1.807, 2.05) is 36.8 Å². The van der Waals surface area contributed by atoms with Crippen molar-refractivity contribution >= 4 is 33.0 Å². The molecule has 0 aromatic carbocycles. The highest BCUT2D eigenvalue weighted by Gasteiger charge is 2.05. The van der Waals surface area contributed by atoms with Crippen molar-refractivity contribution < 1.29 is 0 Å². The van der Waals surface area contributed by atoms with Crippen LogP contribution in [0.1, 0.15) is 0 Å². The summed E-state index contributed by atoms with van der Waals surface area (Å²) in [4.78, 5) is 5.50. The third-order valence-electron chi connectivity index (χ3n) is 1.90. The number of nitrogens with one attached hydrogen (secondary N) is 1. The average molecular weight is 269 g/mol. The first-order valence-electron chi connectivity index (χ1n) is 4.18. The summed E-state index contributed by atoms with van der Waals surface area (Å²) in [5.74, 6) is 0. The van der Waals surface area contributed by atoms with Gasteiger partial charge in [-0.2, -0.15) is 0 Å². The molecular weight excluding hydrogens is 260 g/mol. The van der Waals surface area contributed by atoms with E-state index in [2.05, 4.69) is 26.2 Å². The van der Waals surface area contributed by atoms with Crippen molar-refractivity contribution in [3.8, 4) is 10.6 Å². The number of rotatable bonds is 2. The molecule has 4 heteroatoms. The molecule has 0 amide bonds. The van der Waals surface area contributed by atoms with Gasteiger partial charge in [0.1, 0.15) is 0 Å². The van der Waals surface area contributed by atoms with Crippen molar-refractivity contribution in [3.05, 3.63) is 34.2 Å². The summed E-state index contributed by atoms with van der Waals surface area (Å²) in [6.07, 6.45) is 1.81. The molecule has 0 aliphatic rings. The molecule has 0 aliphatic carbocycles. The zero-order chi connectivity index (χ0) is 9.97. The van der Waals surface area contributed by atoms with Crippen LogP contribution in [0.3, 0.4) is 0 Å². The lowest BCUT2D eigenvalue weighted by Crippen LogP contribution is -1.89. The van der Waals surface area contributed by atoms with Crippen molar-refractivity contribution in [2.45, 2.75) is 0 Å². The summed E-state index contributed by atoms with van der Waals surface area (Å²) in [6, 6.07) is 6.02. The van der Waals surface area contributed by atoms with Gasteiger partial charge in [-0.25, -0.2) is 0 Å². The molecule has 0 bridgehead atoms. The Morgan fingerprint density at radius 2 is 2.29 bits per heavy atom. The summed E-state index contributed by atoms with van der Waals surface area (Å²) in [6.45, 7) is 0. The second kappa shape index (κ2) is 4.11. The Bertz CT molecular complexity index is 439. The fourth-order valence-corrected chi connectivity index (χ4v) is 2.73. The number of aromatic nitrogens is 1. The second-order valence-corrected chi connectivity index (χ2v) is 4.55. The predicted octanol–water partition coefficient (Wildman–Crippen LogP) is 3.61. The molecule has 0 spiro atoms. The first kappa shape index (κ1) is 9.68. The Morgan fingerprint density at radius 1 is 1.43 bits per heavy atom. The van der Waals surface area contributed by atoms with E-state index in [-0.39, 0.29) is 0 Å². The van der Waals surface area contributed by atoms with Crippen LogP contribution >= 0.6 is 27.3 Å². The van der Waals surface area contributed by atoms with Crippen LogP contribution in [0, 0.1) is 0 Å². The number of nitrogens with zero attached hydrogens (tertiary/aromatic N) is 1. The highest BCUT2D eigenvalue weighted by molar-refractivity contribution is 9.10. The molecule has 2 rings (SSSR count). The smallest absolute Gasteiger partial charge is 0.0833 e. The van der Waals surface area contributed by atoms with Gasteiger partial charge in [-0.05, 0) is 39.5 Å². The highest BCUT2D eigenvalue weighted by atomic mass is 79.9. The van der Waals surface area contributed by atoms with Crippen LogP contribution in [0.2, 0.25) is 0 Å². The van der Waals surface area contributed by atoms with Gasteiger partial charge in [0.05, 0.1) is 10.6 Å². The van der Waals surface area contributed by atoms with E-state index in [1.165, 1.54) is 4.88 Å². The molecule has 72 valence electrons. The van der Waals surface area contributed by atoms with Crippen LogP contribution in [0.15, 0.2) is 34.2 Å². The number of halogens is 1. The van der Waals surface area contributed by atoms with E-state index < -0.39 is 0 Å². The summed E-state index contributed by atoms with van der Waals surface area (Å²) >= 11 is 5.18. The van der Waals surface area contributed by atoms with E-state index in [4.69, 9.17) is 0 Å². The van der Waals surface area contributed by atoms with Crippen LogP contribution in [0.5, 0.6) is 0 Å². The zero-order valence-electron chi connectivity index (χ0n) is 7.62. The molecule has 0 saturated heterocycles. The van der Waals surface area contributed by atoms with E-state index in [0.717, 1.165) is 15.9 Å². The van der Waals surface area contributed by atoms with Crippen LogP contribution < -0.4 is 5.32 Å². The van der Waals surface area contributed by atoms with Gasteiger partial charge in [0.25, 0.3) is 0 Å². The molecule has 0 fully saturated rings. The van der Waals surface area contributed by atoms with Gasteiger partial charge in [-0.15, -0.1) is 11.3 Å². The summed E-state index contributed by atoms with van der Waals surface area (Å²) in [5.41, 5.74) is 2.08. The van der Waals surface area contributed by atoms with Crippen molar-refractivity contribution in [1.29, 1.82) is 0 Å². The number of hydrogen-bond acceptors (Lipinski definition) is 3. The number of hydrogen-bond donors (Lipinski definition) is 1. The van der Waals surface area contributed by atoms with Crippen molar-refractivity contribution in [2.75, 3.05) is 12.4 Å². The molecule has 0 radical (unpaired) electrons. The van der Waals surface area contributed by atoms with Crippen LogP contribution in [-0.2, 0) is 0 Å². The maximum Gasteiger partial charge on any atom is 0.0833 e. The summed E-state index contributed by atoms with van der Waals surface area (Å²) in [7, 11) is 1.91. The zero-order valence-corrected chi connectivity index (χ0v) is 10.0. The molecule has 1 N–H and O–H groups in total. The van der Waals surface area contributed by atoms with Gasteiger partial charge in [-0.3, -0.25) is 4.98 Å². The lowest BCUT2D eigenvalue weighted by Gasteiger charge is -2.02. The Morgan fingerprint density at radius 3 is 2.93 bits per heavy atom. The van der Waals surface area contributed by atoms with Gasteiger partial charge in [-0.1, -0.05) is 0 Å². The largest absolute Gasteiger partial charge is 0.388 e. The van der Waals surface area contributed by atoms with Gasteiger partial charge >= 0.3 is 0 Å². The topological polar surface area (TPSA) is 24.9 Å². The Kier molecular flexibility index (Phi) is 2.84. The number of pyridine rings is 1. The average Bonchev–Trinajstić information content (AvgIpc) is 2.65. The Labute approximate surface area is 95.1 Å². The van der Waals surface area contributed by atoms with Crippen molar-refractivity contribution in [2.24, 2.45) is 0 Å². The number of anilines is 1. The molecule has 2 heterocycles. The Hall–Kier alpha value is -0.870. The minimum Gasteiger partial charge on any atom is -0.388 e. The molecule has 2 aromatic rings. The lowest BCUT2D eigenvalue weighted by molar-refractivity contribution is 1.32.